The van der Waals surface area contributed by atoms with Crippen molar-refractivity contribution in [3.8, 4) is 16.8 Å². The van der Waals surface area contributed by atoms with Crippen LogP contribution < -0.4 is 0 Å². The molecule has 0 amide bonds. The molecule has 0 bridgehead atoms. The van der Waals surface area contributed by atoms with Crippen molar-refractivity contribution in [1.82, 2.24) is 4.57 Å². The van der Waals surface area contributed by atoms with Gasteiger partial charge in [0.2, 0.25) is 0 Å². The Morgan fingerprint density at radius 3 is 2.29 bits per heavy atom. The Morgan fingerprint density at radius 1 is 0.607 bits per heavy atom. The van der Waals surface area contributed by atoms with E-state index in [0.29, 0.717) is 0 Å². The number of rotatable bonds is 2. The van der Waals surface area contributed by atoms with Gasteiger partial charge in [-0.15, -0.1) is 0 Å². The van der Waals surface area contributed by atoms with Gasteiger partial charge in [0.1, 0.15) is 0 Å². The largest absolute Gasteiger partial charge is 0.309 e. The molecule has 132 valence electrons. The van der Waals surface area contributed by atoms with Crippen LogP contribution in [0.5, 0.6) is 0 Å². The Kier molecular flexibility index (Phi) is 3.30. The lowest BCUT2D eigenvalue weighted by Crippen LogP contribution is -1.92. The first-order valence-electron chi connectivity index (χ1n) is 9.77. The highest BCUT2D eigenvalue weighted by Crippen LogP contribution is 2.35. The van der Waals surface area contributed by atoms with E-state index in [1.165, 1.54) is 49.7 Å². The van der Waals surface area contributed by atoms with E-state index in [1.807, 2.05) is 0 Å². The minimum atomic E-state index is 1.05. The fourth-order valence-electron chi connectivity index (χ4n) is 4.44. The van der Waals surface area contributed by atoms with Gasteiger partial charge < -0.3 is 4.57 Å². The maximum absolute atomic E-state index is 2.36. The SMILES string of the molecule is C1=Cc2cc(-c3ccc4c(c3)c3ccccc3n4-c3ccccc3)ccc2C1. The summed E-state index contributed by atoms with van der Waals surface area (Å²) in [6.45, 7) is 0. The Labute approximate surface area is 164 Å². The average Bonchev–Trinajstić information content (AvgIpc) is 3.36. The Balaban J connectivity index is 1.62. The van der Waals surface area contributed by atoms with E-state index in [2.05, 4.69) is 108 Å². The topological polar surface area (TPSA) is 4.93 Å². The van der Waals surface area contributed by atoms with Gasteiger partial charge in [0.15, 0.2) is 0 Å². The predicted octanol–water partition coefficient (Wildman–Crippen LogP) is 7.02. The van der Waals surface area contributed by atoms with Crippen LogP contribution in [-0.4, -0.2) is 4.57 Å². The summed E-state index contributed by atoms with van der Waals surface area (Å²) >= 11 is 0. The summed E-state index contributed by atoms with van der Waals surface area (Å²) in [5, 5.41) is 2.59. The zero-order chi connectivity index (χ0) is 18.5. The number of nitrogens with zero attached hydrogens (tertiary/aromatic N) is 1. The van der Waals surface area contributed by atoms with Gasteiger partial charge in [0, 0.05) is 16.5 Å². The smallest absolute Gasteiger partial charge is 0.0541 e. The molecule has 1 nitrogen and oxygen atoms in total. The second-order valence-electron chi connectivity index (χ2n) is 7.44. The molecule has 1 heterocycles. The molecule has 0 radical (unpaired) electrons. The summed E-state index contributed by atoms with van der Waals surface area (Å²) in [7, 11) is 0. The summed E-state index contributed by atoms with van der Waals surface area (Å²) in [4.78, 5) is 0. The van der Waals surface area contributed by atoms with Crippen molar-refractivity contribution >= 4 is 27.9 Å². The summed E-state index contributed by atoms with van der Waals surface area (Å²) in [6.07, 6.45) is 5.53. The van der Waals surface area contributed by atoms with Crippen LogP contribution in [0.3, 0.4) is 0 Å². The maximum atomic E-state index is 2.36. The van der Waals surface area contributed by atoms with Crippen LogP contribution in [0.25, 0.3) is 44.7 Å². The number of hydrogen-bond acceptors (Lipinski definition) is 0. The number of benzene rings is 4. The van der Waals surface area contributed by atoms with Crippen molar-refractivity contribution in [1.29, 1.82) is 0 Å². The predicted molar refractivity (Wildman–Crippen MR) is 119 cm³/mol. The minimum Gasteiger partial charge on any atom is -0.309 e. The quantitative estimate of drug-likeness (QED) is 0.320. The number of hydrogen-bond donors (Lipinski definition) is 0. The Bertz CT molecular complexity index is 1370. The molecular formula is C27H19N. The molecular weight excluding hydrogens is 338 g/mol. The van der Waals surface area contributed by atoms with Gasteiger partial charge in [-0.3, -0.25) is 0 Å². The number of allylic oxidation sites excluding steroid dienone is 1. The van der Waals surface area contributed by atoms with Crippen molar-refractivity contribution in [3.63, 3.8) is 0 Å². The van der Waals surface area contributed by atoms with Crippen LogP contribution >= 0.6 is 0 Å². The van der Waals surface area contributed by atoms with E-state index in [9.17, 15) is 0 Å². The first-order chi connectivity index (χ1) is 13.9. The Morgan fingerprint density at radius 2 is 1.36 bits per heavy atom. The monoisotopic (exact) mass is 357 g/mol. The van der Waals surface area contributed by atoms with E-state index < -0.39 is 0 Å². The average molecular weight is 357 g/mol. The van der Waals surface area contributed by atoms with E-state index in [-0.39, 0.29) is 0 Å². The van der Waals surface area contributed by atoms with Gasteiger partial charge in [0.25, 0.3) is 0 Å². The molecule has 0 fully saturated rings. The molecule has 0 N–H and O–H groups in total. The number of aromatic nitrogens is 1. The number of para-hydroxylation sites is 2. The highest BCUT2D eigenvalue weighted by Gasteiger charge is 2.13. The van der Waals surface area contributed by atoms with Crippen molar-refractivity contribution in [2.45, 2.75) is 6.42 Å². The lowest BCUT2D eigenvalue weighted by atomic mass is 9.99. The molecule has 6 rings (SSSR count). The normalized spacial score (nSPS) is 12.7. The van der Waals surface area contributed by atoms with Gasteiger partial charge in [-0.1, -0.05) is 66.7 Å². The van der Waals surface area contributed by atoms with Crippen molar-refractivity contribution in [2.75, 3.05) is 0 Å². The highest BCUT2D eigenvalue weighted by molar-refractivity contribution is 6.10. The second kappa shape index (κ2) is 5.97. The molecule has 5 aromatic rings. The summed E-state index contributed by atoms with van der Waals surface area (Å²) in [5.41, 5.74) is 9.02. The number of fused-ring (bicyclic) bond motifs is 4. The molecule has 0 aliphatic heterocycles. The first-order valence-corrected chi connectivity index (χ1v) is 9.77. The molecule has 1 heteroatoms. The molecule has 1 aliphatic carbocycles. The zero-order valence-corrected chi connectivity index (χ0v) is 15.5. The van der Waals surface area contributed by atoms with E-state index in [1.54, 1.807) is 0 Å². The highest BCUT2D eigenvalue weighted by atomic mass is 15.0. The van der Waals surface area contributed by atoms with Crippen LogP contribution in [0.4, 0.5) is 0 Å². The first kappa shape index (κ1) is 15.5. The second-order valence-corrected chi connectivity index (χ2v) is 7.44. The molecule has 0 unspecified atom stereocenters. The van der Waals surface area contributed by atoms with E-state index >= 15 is 0 Å². The third-order valence-electron chi connectivity index (χ3n) is 5.80. The maximum Gasteiger partial charge on any atom is 0.0541 e. The van der Waals surface area contributed by atoms with Gasteiger partial charge in [0.05, 0.1) is 11.0 Å². The molecule has 0 spiro atoms. The standard InChI is InChI=1S/C27H19N/c1-2-9-23(10-3-1)28-26-12-5-4-11-24(26)25-18-22(15-16-27(25)28)21-14-13-19-7-6-8-20(19)17-21/h1-6,8-18H,7H2. The molecule has 28 heavy (non-hydrogen) atoms. The fourth-order valence-corrected chi connectivity index (χ4v) is 4.44. The summed E-state index contributed by atoms with van der Waals surface area (Å²) in [5.74, 6) is 0. The molecule has 0 saturated heterocycles. The third kappa shape index (κ3) is 2.26. The lowest BCUT2D eigenvalue weighted by molar-refractivity contribution is 1.18. The van der Waals surface area contributed by atoms with Crippen LogP contribution in [0.2, 0.25) is 0 Å². The van der Waals surface area contributed by atoms with Crippen LogP contribution in [0.15, 0.2) is 97.1 Å². The van der Waals surface area contributed by atoms with Crippen LogP contribution in [-0.2, 0) is 6.42 Å². The molecule has 4 aromatic carbocycles. The van der Waals surface area contributed by atoms with Gasteiger partial charge in [-0.25, -0.2) is 0 Å². The van der Waals surface area contributed by atoms with E-state index in [4.69, 9.17) is 0 Å². The van der Waals surface area contributed by atoms with Gasteiger partial charge >= 0.3 is 0 Å². The van der Waals surface area contributed by atoms with Crippen molar-refractivity contribution < 1.29 is 0 Å². The molecule has 0 atom stereocenters. The van der Waals surface area contributed by atoms with Crippen molar-refractivity contribution in [2.24, 2.45) is 0 Å². The lowest BCUT2D eigenvalue weighted by Gasteiger charge is -2.08. The third-order valence-corrected chi connectivity index (χ3v) is 5.80. The minimum absolute atomic E-state index is 1.05. The van der Waals surface area contributed by atoms with Crippen LogP contribution in [0.1, 0.15) is 11.1 Å². The van der Waals surface area contributed by atoms with Gasteiger partial charge in [-0.2, -0.15) is 0 Å². The molecule has 1 aromatic heterocycles. The zero-order valence-electron chi connectivity index (χ0n) is 15.5. The van der Waals surface area contributed by atoms with E-state index in [0.717, 1.165) is 6.42 Å². The van der Waals surface area contributed by atoms with Crippen molar-refractivity contribution in [3.05, 3.63) is 108 Å². The molecule has 1 aliphatic rings. The summed E-state index contributed by atoms with van der Waals surface area (Å²) < 4.78 is 2.36. The van der Waals surface area contributed by atoms with Gasteiger partial charge in [-0.05, 0) is 65.1 Å². The summed E-state index contributed by atoms with van der Waals surface area (Å²) in [6, 6.07) is 33.0. The fraction of sp³-hybridized carbons (Fsp3) is 0.0370. The van der Waals surface area contributed by atoms with Crippen LogP contribution in [0, 0.1) is 0 Å². The Hall–Kier alpha value is -3.58. The molecule has 0 saturated carbocycles.